The van der Waals surface area contributed by atoms with Crippen molar-refractivity contribution in [3.05, 3.63) is 115 Å². The van der Waals surface area contributed by atoms with Gasteiger partial charge in [-0.15, -0.1) is 17.7 Å². The molecule has 3 aromatic heterocycles. The molecule has 3 heterocycles. The maximum Gasteiger partial charge on any atom is 0.216 e. The second-order valence-electron chi connectivity index (χ2n) is 16.5. The molecular formula is C47H51IrN2O3Si-. The number of nitrogens with zero attached hydrogens (tertiary/aromatic N) is 2. The molecule has 1 N–H and O–H groups in total. The zero-order valence-corrected chi connectivity index (χ0v) is 36.5. The summed E-state index contributed by atoms with van der Waals surface area (Å²) in [5, 5.41) is 17.0. The van der Waals surface area contributed by atoms with Crippen molar-refractivity contribution in [1.29, 1.82) is 0 Å². The Balaban J connectivity index is 0.000000301. The van der Waals surface area contributed by atoms with Crippen LogP contribution in [-0.4, -0.2) is 28.9 Å². The number of aryl methyl sites for hydroxylation is 1. The third kappa shape index (κ3) is 8.14. The van der Waals surface area contributed by atoms with Crippen LogP contribution in [0.25, 0.3) is 66.1 Å². The van der Waals surface area contributed by atoms with Crippen LogP contribution in [0.1, 0.15) is 59.9 Å². The predicted octanol–water partition coefficient (Wildman–Crippen LogP) is 12.5. The number of aliphatic hydroxyl groups excluding tert-OH is 1. The quantitative estimate of drug-likeness (QED) is 0.0711. The van der Waals surface area contributed by atoms with Crippen molar-refractivity contribution < 1.29 is 34.4 Å². The van der Waals surface area contributed by atoms with Gasteiger partial charge in [-0.25, -0.2) is 4.98 Å². The molecule has 0 aliphatic carbocycles. The summed E-state index contributed by atoms with van der Waals surface area (Å²) >= 11 is 0. The van der Waals surface area contributed by atoms with Crippen LogP contribution in [0.5, 0.6) is 0 Å². The largest absolute Gasteiger partial charge is 0.512 e. The molecule has 54 heavy (non-hydrogen) atoms. The zero-order chi connectivity index (χ0) is 38.3. The van der Waals surface area contributed by atoms with E-state index in [9.17, 15) is 9.90 Å². The molecule has 0 spiro atoms. The van der Waals surface area contributed by atoms with Crippen LogP contribution in [0, 0.1) is 23.8 Å². The number of rotatable bonds is 8. The first-order valence-corrected chi connectivity index (χ1v) is 22.1. The van der Waals surface area contributed by atoms with E-state index in [2.05, 4.69) is 110 Å². The van der Waals surface area contributed by atoms with Crippen molar-refractivity contribution >= 4 is 62.8 Å². The molecule has 0 unspecified atom stereocenters. The van der Waals surface area contributed by atoms with E-state index in [0.717, 1.165) is 51.5 Å². The molecule has 0 saturated heterocycles. The second-order valence-corrected chi connectivity index (χ2v) is 21.6. The number of carbonyl (C=O) groups excluding carboxylic acids is 1. The van der Waals surface area contributed by atoms with Crippen molar-refractivity contribution in [2.75, 3.05) is 0 Å². The van der Waals surface area contributed by atoms with Gasteiger partial charge in [0.2, 0.25) is 5.71 Å². The van der Waals surface area contributed by atoms with Gasteiger partial charge in [0.15, 0.2) is 5.78 Å². The summed E-state index contributed by atoms with van der Waals surface area (Å²) in [4.78, 5) is 21.5. The van der Waals surface area contributed by atoms with Crippen molar-refractivity contribution in [2.45, 2.75) is 80.9 Å². The number of pyridine rings is 2. The molecule has 0 bridgehead atoms. The molecule has 0 aliphatic rings. The standard InChI is InChI=1S/C34H27N2OSi.C13H24O2.Ir/c1-21-11-15-26(33-32(21)27-10-7-17-35-34(27)37-33)31-20-28(24-13-12-22-8-5-6-9-23(22)18-24)29-19-25(38(2,3)4)14-16-30(29)36-31;1-7-12(3,4)10(14)9-11(15)13(5,6)8-2;/h5-14,16-20H,1-4H3;9,14H,7-8H2,1-6H3;/q-1;;/b;10-9-;. The normalized spacial score (nSPS) is 12.5. The summed E-state index contributed by atoms with van der Waals surface area (Å²) in [6.07, 6.45) is 4.76. The van der Waals surface area contributed by atoms with Crippen LogP contribution >= 0.6 is 0 Å². The molecule has 7 aromatic rings. The molecule has 4 aromatic carbocycles. The minimum atomic E-state index is -1.51. The Hall–Kier alpha value is -4.42. The van der Waals surface area contributed by atoms with E-state index in [4.69, 9.17) is 9.40 Å². The van der Waals surface area contributed by atoms with Gasteiger partial charge in [-0.1, -0.05) is 139 Å². The topological polar surface area (TPSA) is 76.2 Å². The van der Waals surface area contributed by atoms with Gasteiger partial charge in [-0.2, -0.15) is 0 Å². The smallest absolute Gasteiger partial charge is 0.216 e. The monoisotopic (exact) mass is 912 g/mol. The van der Waals surface area contributed by atoms with Gasteiger partial charge in [-0.05, 0) is 64.7 Å². The van der Waals surface area contributed by atoms with Gasteiger partial charge >= 0.3 is 0 Å². The first kappa shape index (κ1) is 40.8. The fourth-order valence-corrected chi connectivity index (χ4v) is 7.46. The number of fused-ring (bicyclic) bond motifs is 5. The zero-order valence-electron chi connectivity index (χ0n) is 33.1. The Labute approximate surface area is 334 Å². The third-order valence-electron chi connectivity index (χ3n) is 10.9. The van der Waals surface area contributed by atoms with Crippen molar-refractivity contribution in [1.82, 2.24) is 9.97 Å². The van der Waals surface area contributed by atoms with Gasteiger partial charge in [0.25, 0.3) is 0 Å². The molecule has 0 aliphatic heterocycles. The number of ketones is 1. The van der Waals surface area contributed by atoms with Gasteiger partial charge in [-0.3, -0.25) is 9.78 Å². The van der Waals surface area contributed by atoms with Crippen LogP contribution in [0.3, 0.4) is 0 Å². The number of benzene rings is 4. The minimum Gasteiger partial charge on any atom is -0.512 e. The molecular weight excluding hydrogens is 861 g/mol. The minimum absolute atomic E-state index is 0. The molecule has 0 amide bonds. The maximum absolute atomic E-state index is 11.8. The van der Waals surface area contributed by atoms with Gasteiger partial charge in [0, 0.05) is 54.0 Å². The Bertz CT molecular complexity index is 2520. The van der Waals surface area contributed by atoms with E-state index in [-0.39, 0.29) is 42.5 Å². The number of hydrogen-bond acceptors (Lipinski definition) is 5. The fraction of sp³-hybridized carbons (Fsp3) is 0.298. The Morgan fingerprint density at radius 1 is 0.870 bits per heavy atom. The summed E-state index contributed by atoms with van der Waals surface area (Å²) in [6, 6.07) is 33.8. The second kappa shape index (κ2) is 15.7. The molecule has 0 saturated carbocycles. The number of furan rings is 1. The summed E-state index contributed by atoms with van der Waals surface area (Å²) in [5.74, 6) is 0.195. The van der Waals surface area contributed by atoms with Crippen molar-refractivity contribution in [3.63, 3.8) is 0 Å². The predicted molar refractivity (Wildman–Crippen MR) is 226 cm³/mol. The number of allylic oxidation sites excluding steroid dienone is 2. The molecule has 5 nitrogen and oxygen atoms in total. The number of aliphatic hydroxyl groups is 1. The molecule has 0 fully saturated rings. The summed E-state index contributed by atoms with van der Waals surface area (Å²) in [5.41, 5.74) is 6.90. The molecule has 7 rings (SSSR count). The number of aromatic nitrogens is 2. The summed E-state index contributed by atoms with van der Waals surface area (Å²) < 4.78 is 6.32. The van der Waals surface area contributed by atoms with E-state index in [1.807, 2.05) is 53.7 Å². The first-order chi connectivity index (χ1) is 25.0. The van der Waals surface area contributed by atoms with Gasteiger partial charge in [0.1, 0.15) is 5.76 Å². The van der Waals surface area contributed by atoms with Crippen LogP contribution in [0.2, 0.25) is 19.6 Å². The molecule has 1 radical (unpaired) electrons. The maximum atomic E-state index is 11.8. The van der Waals surface area contributed by atoms with Crippen LogP contribution in [0.15, 0.2) is 107 Å². The van der Waals surface area contributed by atoms with Gasteiger partial charge in [0.05, 0.1) is 19.2 Å². The van der Waals surface area contributed by atoms with Crippen LogP contribution in [0.4, 0.5) is 0 Å². The molecule has 281 valence electrons. The average Bonchev–Trinajstić information content (AvgIpc) is 3.54. The molecule has 7 heteroatoms. The SMILES string of the molecule is CCC(C)(C)C(=O)/C=C(\O)C(C)(C)CC.Cc1c[c-]c(-c2cc(-c3ccc4ccccc4c3)c3cc([Si](C)(C)C)ccc3n2)c2oc3ncccc3c12.[Ir]. The van der Waals surface area contributed by atoms with E-state index >= 15 is 0 Å². The first-order valence-electron chi connectivity index (χ1n) is 18.6. The average molecular weight is 912 g/mol. The molecule has 0 atom stereocenters. The van der Waals surface area contributed by atoms with Crippen molar-refractivity contribution in [2.24, 2.45) is 10.8 Å². The van der Waals surface area contributed by atoms with Crippen LogP contribution < -0.4 is 5.19 Å². The third-order valence-corrected chi connectivity index (χ3v) is 13.0. The van der Waals surface area contributed by atoms with E-state index in [1.54, 1.807) is 6.20 Å². The fourth-order valence-electron chi connectivity index (χ4n) is 6.29. The number of hydrogen-bond donors (Lipinski definition) is 1. The Kier molecular flexibility index (Phi) is 11.9. The van der Waals surface area contributed by atoms with Crippen LogP contribution in [-0.2, 0) is 24.9 Å². The Morgan fingerprint density at radius 2 is 1.57 bits per heavy atom. The summed E-state index contributed by atoms with van der Waals surface area (Å²) in [7, 11) is -1.51. The van der Waals surface area contributed by atoms with Gasteiger partial charge < -0.3 is 9.52 Å². The summed E-state index contributed by atoms with van der Waals surface area (Å²) in [6.45, 7) is 20.9. The van der Waals surface area contributed by atoms with E-state index < -0.39 is 8.07 Å². The van der Waals surface area contributed by atoms with E-state index in [0.29, 0.717) is 5.71 Å². The number of carbonyl (C=O) groups is 1. The Morgan fingerprint density at radius 3 is 2.26 bits per heavy atom. The van der Waals surface area contributed by atoms with E-state index in [1.165, 1.54) is 38.5 Å². The van der Waals surface area contributed by atoms with Crippen molar-refractivity contribution in [3.8, 4) is 22.4 Å².